The number of nitrogens with zero attached hydrogens (tertiary/aromatic N) is 1. The van der Waals surface area contributed by atoms with Gasteiger partial charge in [0.1, 0.15) is 11.5 Å². The maximum atomic E-state index is 6.11. The topological polar surface area (TPSA) is 64.1 Å². The zero-order chi connectivity index (χ0) is 20.5. The van der Waals surface area contributed by atoms with E-state index < -0.39 is 0 Å². The van der Waals surface area contributed by atoms with Crippen LogP contribution in [0.5, 0.6) is 11.5 Å². The zero-order valence-electron chi connectivity index (χ0n) is 17.5. The lowest BCUT2D eigenvalue weighted by Crippen LogP contribution is -2.50. The molecule has 0 radical (unpaired) electrons. The van der Waals surface area contributed by atoms with Gasteiger partial charge >= 0.3 is 0 Å². The van der Waals surface area contributed by atoms with Crippen LogP contribution < -0.4 is 15.4 Å². The lowest BCUT2D eigenvalue weighted by molar-refractivity contribution is -0.0855. The largest absolute Gasteiger partial charge is 0.457 e. The van der Waals surface area contributed by atoms with Crippen molar-refractivity contribution in [1.29, 1.82) is 0 Å². The minimum atomic E-state index is -0.207. The fourth-order valence-electron chi connectivity index (χ4n) is 3.36. The smallest absolute Gasteiger partial charge is 0.191 e. The Morgan fingerprint density at radius 1 is 1.10 bits per heavy atom. The molecule has 0 unspecified atom stereocenters. The molecule has 6 nitrogen and oxygen atoms in total. The monoisotopic (exact) mass is 397 g/mol. The van der Waals surface area contributed by atoms with Crippen molar-refractivity contribution in [2.45, 2.75) is 31.9 Å². The first-order valence-electron chi connectivity index (χ1n) is 10.0. The molecule has 1 fully saturated rings. The second kappa shape index (κ2) is 10.3. The number of guanidine groups is 1. The molecule has 0 bridgehead atoms. The predicted molar refractivity (Wildman–Crippen MR) is 116 cm³/mol. The normalized spacial score (nSPS) is 16.3. The highest BCUT2D eigenvalue weighted by Crippen LogP contribution is 2.26. The predicted octanol–water partition coefficient (Wildman–Crippen LogP) is 3.65. The second-order valence-corrected chi connectivity index (χ2v) is 7.31. The molecule has 1 aliphatic rings. The number of ether oxygens (including phenoxy) is 3. The minimum absolute atomic E-state index is 0.207. The molecule has 1 aliphatic heterocycles. The van der Waals surface area contributed by atoms with Gasteiger partial charge in [0.05, 0.1) is 5.60 Å². The van der Waals surface area contributed by atoms with E-state index in [1.165, 1.54) is 0 Å². The molecule has 0 amide bonds. The molecule has 0 spiro atoms. The van der Waals surface area contributed by atoms with Crippen LogP contribution in [-0.2, 0) is 16.0 Å². The van der Waals surface area contributed by atoms with Gasteiger partial charge in [-0.1, -0.05) is 30.3 Å². The van der Waals surface area contributed by atoms with Gasteiger partial charge in [-0.25, -0.2) is 0 Å². The Bertz CT molecular complexity index is 802. The fourth-order valence-corrected chi connectivity index (χ4v) is 3.36. The van der Waals surface area contributed by atoms with Crippen LogP contribution in [0.25, 0.3) is 0 Å². The third-order valence-electron chi connectivity index (χ3n) is 5.28. The average molecular weight is 398 g/mol. The minimum Gasteiger partial charge on any atom is -0.457 e. The summed E-state index contributed by atoms with van der Waals surface area (Å²) in [7, 11) is 3.54. The van der Waals surface area contributed by atoms with Crippen molar-refractivity contribution in [2.75, 3.05) is 33.9 Å². The Labute approximate surface area is 173 Å². The molecule has 0 atom stereocenters. The summed E-state index contributed by atoms with van der Waals surface area (Å²) in [5.74, 6) is 2.40. The molecular formula is C23H31N3O3. The highest BCUT2D eigenvalue weighted by molar-refractivity contribution is 5.79. The van der Waals surface area contributed by atoms with E-state index in [0.717, 1.165) is 54.6 Å². The van der Waals surface area contributed by atoms with E-state index in [1.807, 2.05) is 30.3 Å². The Hall–Kier alpha value is -2.57. The van der Waals surface area contributed by atoms with Gasteiger partial charge in [-0.05, 0) is 30.7 Å². The van der Waals surface area contributed by atoms with E-state index in [9.17, 15) is 0 Å². The van der Waals surface area contributed by atoms with Crippen LogP contribution in [0.2, 0.25) is 0 Å². The van der Waals surface area contributed by atoms with Crippen molar-refractivity contribution in [3.05, 3.63) is 59.7 Å². The molecular weight excluding hydrogens is 366 g/mol. The summed E-state index contributed by atoms with van der Waals surface area (Å²) in [6.07, 6.45) is 1.75. The molecule has 2 N–H and O–H groups in total. The third-order valence-corrected chi connectivity index (χ3v) is 5.28. The van der Waals surface area contributed by atoms with Gasteiger partial charge in [-0.3, -0.25) is 4.99 Å². The van der Waals surface area contributed by atoms with Crippen molar-refractivity contribution in [3.8, 4) is 11.5 Å². The van der Waals surface area contributed by atoms with Crippen LogP contribution in [-0.4, -0.2) is 45.5 Å². The Balaban J connectivity index is 1.62. The third kappa shape index (κ3) is 5.95. The molecule has 6 heteroatoms. The average Bonchev–Trinajstić information content (AvgIpc) is 2.76. The number of hydrogen-bond acceptors (Lipinski definition) is 4. The van der Waals surface area contributed by atoms with Crippen molar-refractivity contribution in [3.63, 3.8) is 0 Å². The van der Waals surface area contributed by atoms with Gasteiger partial charge in [0.15, 0.2) is 5.96 Å². The highest BCUT2D eigenvalue weighted by Gasteiger charge is 2.32. The van der Waals surface area contributed by atoms with Gasteiger partial charge in [0.2, 0.25) is 0 Å². The van der Waals surface area contributed by atoms with Crippen molar-refractivity contribution < 1.29 is 14.2 Å². The van der Waals surface area contributed by atoms with Crippen LogP contribution >= 0.6 is 0 Å². The molecule has 3 rings (SSSR count). The van der Waals surface area contributed by atoms with Crippen molar-refractivity contribution >= 4 is 5.96 Å². The Kier molecular flexibility index (Phi) is 7.49. The molecule has 0 aliphatic carbocycles. The molecule has 156 valence electrons. The summed E-state index contributed by atoms with van der Waals surface area (Å²) in [4.78, 5) is 4.35. The maximum Gasteiger partial charge on any atom is 0.191 e. The highest BCUT2D eigenvalue weighted by atomic mass is 16.5. The van der Waals surface area contributed by atoms with Gasteiger partial charge in [-0.2, -0.15) is 0 Å². The van der Waals surface area contributed by atoms with E-state index in [1.54, 1.807) is 14.2 Å². The van der Waals surface area contributed by atoms with E-state index in [-0.39, 0.29) is 5.60 Å². The van der Waals surface area contributed by atoms with Crippen LogP contribution in [0.3, 0.4) is 0 Å². The number of methoxy groups -OCH3 is 1. The quantitative estimate of drug-likeness (QED) is 0.552. The molecule has 2 aromatic rings. The van der Waals surface area contributed by atoms with E-state index >= 15 is 0 Å². The van der Waals surface area contributed by atoms with Gasteiger partial charge < -0.3 is 24.8 Å². The fraction of sp³-hybridized carbons (Fsp3) is 0.435. The Morgan fingerprint density at radius 2 is 1.86 bits per heavy atom. The maximum absolute atomic E-state index is 6.11. The molecule has 29 heavy (non-hydrogen) atoms. The first-order valence-corrected chi connectivity index (χ1v) is 10.0. The van der Waals surface area contributed by atoms with Crippen LogP contribution in [0, 0.1) is 6.92 Å². The summed E-state index contributed by atoms with van der Waals surface area (Å²) in [5.41, 5.74) is 2.01. The summed E-state index contributed by atoms with van der Waals surface area (Å²) < 4.78 is 17.4. The SMILES string of the molecule is CN=C(NCc1ccc(C)cc1Oc1ccccc1)NCC1(OC)CCOCC1. The number of benzene rings is 2. The Morgan fingerprint density at radius 3 is 2.55 bits per heavy atom. The standard InChI is InChI=1S/C23H31N3O3/c1-18-9-10-19(21(15-18)29-20-7-5-4-6-8-20)16-25-22(24-2)26-17-23(27-3)11-13-28-14-12-23/h4-10,15H,11-14,16-17H2,1-3H3,(H2,24,25,26). The van der Waals surface area contributed by atoms with Crippen LogP contribution in [0.1, 0.15) is 24.0 Å². The molecule has 1 heterocycles. The summed E-state index contributed by atoms with van der Waals surface area (Å²) in [6, 6.07) is 16.1. The summed E-state index contributed by atoms with van der Waals surface area (Å²) >= 11 is 0. The first kappa shape index (κ1) is 21.1. The number of aryl methyl sites for hydroxylation is 1. The summed E-state index contributed by atoms with van der Waals surface area (Å²) in [5, 5.41) is 6.78. The lowest BCUT2D eigenvalue weighted by Gasteiger charge is -2.36. The van der Waals surface area contributed by atoms with Gasteiger partial charge in [-0.15, -0.1) is 0 Å². The van der Waals surface area contributed by atoms with Crippen molar-refractivity contribution in [1.82, 2.24) is 10.6 Å². The van der Waals surface area contributed by atoms with Crippen molar-refractivity contribution in [2.24, 2.45) is 4.99 Å². The number of para-hydroxylation sites is 1. The molecule has 1 saturated heterocycles. The van der Waals surface area contributed by atoms with Gasteiger partial charge in [0.25, 0.3) is 0 Å². The van der Waals surface area contributed by atoms with Crippen LogP contribution in [0.4, 0.5) is 0 Å². The van der Waals surface area contributed by atoms with Crippen LogP contribution in [0.15, 0.2) is 53.5 Å². The van der Waals surface area contributed by atoms with Gasteiger partial charge in [0, 0.05) is 58.9 Å². The second-order valence-electron chi connectivity index (χ2n) is 7.31. The van der Waals surface area contributed by atoms with E-state index in [0.29, 0.717) is 13.1 Å². The first-order chi connectivity index (χ1) is 14.1. The number of rotatable bonds is 7. The van der Waals surface area contributed by atoms with E-state index in [4.69, 9.17) is 14.2 Å². The summed E-state index contributed by atoms with van der Waals surface area (Å²) in [6.45, 7) is 4.81. The number of nitrogens with one attached hydrogen (secondary N) is 2. The molecule has 0 aromatic heterocycles. The van der Waals surface area contributed by atoms with E-state index in [2.05, 4.69) is 40.7 Å². The molecule has 2 aromatic carbocycles. The number of hydrogen-bond donors (Lipinski definition) is 2. The number of aliphatic imine (C=N–C) groups is 1. The zero-order valence-corrected chi connectivity index (χ0v) is 17.5. The lowest BCUT2D eigenvalue weighted by atomic mass is 9.94. The molecule has 0 saturated carbocycles.